The number of carbonyl (C=O) groups is 1. The average Bonchev–Trinajstić information content (AvgIpc) is 2.00. The minimum Gasteiger partial charge on any atom is -0.338 e. The van der Waals surface area contributed by atoms with Crippen LogP contribution in [-0.2, 0) is 0 Å². The molecule has 2 N–H and O–H groups in total. The molecule has 0 aliphatic carbocycles. The second kappa shape index (κ2) is 6.75. The lowest BCUT2D eigenvalue weighted by atomic mass is 10.1. The summed E-state index contributed by atoms with van der Waals surface area (Å²) in [7, 11) is 0. The molecule has 0 radical (unpaired) electrons. The molecule has 0 aliphatic heterocycles. The summed E-state index contributed by atoms with van der Waals surface area (Å²) in [6, 6.07) is -0.0469. The molecule has 0 spiro atoms. The summed E-state index contributed by atoms with van der Waals surface area (Å²) in [5, 5.41) is 5.63. The molecule has 0 fully saturated rings. The minimum absolute atomic E-state index is 0.0469. The molecule has 0 bridgehead atoms. The molecule has 13 heavy (non-hydrogen) atoms. The number of carbonyl (C=O) groups excluding carboxylic acids is 1. The van der Waals surface area contributed by atoms with E-state index >= 15 is 0 Å². The van der Waals surface area contributed by atoms with Gasteiger partial charge in [-0.25, -0.2) is 4.79 Å². The fraction of sp³-hybridized carbons (Fsp3) is 0.900. The van der Waals surface area contributed by atoms with E-state index in [2.05, 4.69) is 38.3 Å². The first-order chi connectivity index (χ1) is 6.02. The molecule has 0 saturated carbocycles. The van der Waals surface area contributed by atoms with Crippen LogP contribution in [0.4, 0.5) is 4.79 Å². The highest BCUT2D eigenvalue weighted by Crippen LogP contribution is 1.95. The van der Waals surface area contributed by atoms with Gasteiger partial charge in [0.05, 0.1) is 0 Å². The number of rotatable bonds is 5. The van der Waals surface area contributed by atoms with Gasteiger partial charge in [-0.05, 0) is 18.3 Å². The summed E-state index contributed by atoms with van der Waals surface area (Å²) in [4.78, 5) is 11.1. The Balaban J connectivity index is 3.30. The largest absolute Gasteiger partial charge is 0.338 e. The Morgan fingerprint density at radius 1 is 1.08 bits per heavy atom. The fourth-order valence-electron chi connectivity index (χ4n) is 0.834. The molecule has 0 aromatic carbocycles. The van der Waals surface area contributed by atoms with Crippen LogP contribution in [0.3, 0.4) is 0 Å². The fourth-order valence-corrected chi connectivity index (χ4v) is 0.834. The lowest BCUT2D eigenvalue weighted by Crippen LogP contribution is -2.38. The van der Waals surface area contributed by atoms with Gasteiger partial charge in [0.2, 0.25) is 0 Å². The van der Waals surface area contributed by atoms with Crippen molar-refractivity contribution in [1.29, 1.82) is 0 Å². The smallest absolute Gasteiger partial charge is 0.314 e. The van der Waals surface area contributed by atoms with Crippen LogP contribution in [0.5, 0.6) is 0 Å². The SMILES string of the molecule is CC(C)CCNC(=O)NCC(C)C. The molecule has 0 aromatic heterocycles. The first-order valence-corrected chi connectivity index (χ1v) is 5.04. The molecule has 0 unspecified atom stereocenters. The molecule has 0 saturated heterocycles. The monoisotopic (exact) mass is 186 g/mol. The van der Waals surface area contributed by atoms with Crippen molar-refractivity contribution in [2.24, 2.45) is 11.8 Å². The maximum absolute atomic E-state index is 11.1. The summed E-state index contributed by atoms with van der Waals surface area (Å²) < 4.78 is 0. The number of hydrogen-bond donors (Lipinski definition) is 2. The van der Waals surface area contributed by atoms with Crippen molar-refractivity contribution in [3.63, 3.8) is 0 Å². The van der Waals surface area contributed by atoms with Gasteiger partial charge in [-0.1, -0.05) is 27.7 Å². The van der Waals surface area contributed by atoms with E-state index in [4.69, 9.17) is 0 Å². The zero-order valence-electron chi connectivity index (χ0n) is 9.18. The van der Waals surface area contributed by atoms with Gasteiger partial charge >= 0.3 is 6.03 Å². The third kappa shape index (κ3) is 9.18. The summed E-state index contributed by atoms with van der Waals surface area (Å²) in [5.41, 5.74) is 0. The van der Waals surface area contributed by atoms with E-state index in [1.807, 2.05) is 0 Å². The first kappa shape index (κ1) is 12.3. The number of amides is 2. The van der Waals surface area contributed by atoms with Gasteiger partial charge in [0.1, 0.15) is 0 Å². The number of nitrogens with one attached hydrogen (secondary N) is 2. The van der Waals surface area contributed by atoms with Crippen LogP contribution in [0.2, 0.25) is 0 Å². The maximum atomic E-state index is 11.1. The van der Waals surface area contributed by atoms with Gasteiger partial charge in [0.15, 0.2) is 0 Å². The third-order valence-corrected chi connectivity index (χ3v) is 1.68. The van der Waals surface area contributed by atoms with Crippen LogP contribution in [0.25, 0.3) is 0 Å². The molecule has 3 nitrogen and oxygen atoms in total. The summed E-state index contributed by atoms with van der Waals surface area (Å²) in [5.74, 6) is 1.15. The molecule has 0 aromatic rings. The Morgan fingerprint density at radius 2 is 1.69 bits per heavy atom. The highest BCUT2D eigenvalue weighted by molar-refractivity contribution is 5.73. The van der Waals surface area contributed by atoms with Crippen LogP contribution in [0, 0.1) is 11.8 Å². The van der Waals surface area contributed by atoms with E-state index in [9.17, 15) is 4.79 Å². The third-order valence-electron chi connectivity index (χ3n) is 1.68. The Labute approximate surface area is 81.3 Å². The van der Waals surface area contributed by atoms with Crippen LogP contribution >= 0.6 is 0 Å². The van der Waals surface area contributed by atoms with Crippen molar-refractivity contribution in [3.8, 4) is 0 Å². The quantitative estimate of drug-likeness (QED) is 0.677. The predicted octanol–water partition coefficient (Wildman–Crippen LogP) is 1.99. The molecular formula is C10H22N2O. The standard InChI is InChI=1S/C10H22N2O/c1-8(2)5-6-11-10(13)12-7-9(3)4/h8-9H,5-7H2,1-4H3,(H2,11,12,13). The van der Waals surface area contributed by atoms with Crippen LogP contribution in [0.15, 0.2) is 0 Å². The van der Waals surface area contributed by atoms with Crippen LogP contribution in [-0.4, -0.2) is 19.1 Å². The van der Waals surface area contributed by atoms with Gasteiger partial charge in [-0.15, -0.1) is 0 Å². The normalized spacial score (nSPS) is 10.6. The van der Waals surface area contributed by atoms with Crippen molar-refractivity contribution in [2.45, 2.75) is 34.1 Å². The van der Waals surface area contributed by atoms with E-state index in [-0.39, 0.29) is 6.03 Å². The molecule has 0 aliphatic rings. The summed E-state index contributed by atoms with van der Waals surface area (Å²) in [6.07, 6.45) is 1.04. The number of hydrogen-bond acceptors (Lipinski definition) is 1. The number of urea groups is 1. The Hall–Kier alpha value is -0.730. The highest BCUT2D eigenvalue weighted by atomic mass is 16.2. The van der Waals surface area contributed by atoms with E-state index in [0.29, 0.717) is 11.8 Å². The summed E-state index contributed by atoms with van der Waals surface area (Å²) >= 11 is 0. The van der Waals surface area contributed by atoms with Crippen molar-refractivity contribution in [1.82, 2.24) is 10.6 Å². The topological polar surface area (TPSA) is 41.1 Å². The molecule has 0 rings (SSSR count). The van der Waals surface area contributed by atoms with E-state index in [1.165, 1.54) is 0 Å². The van der Waals surface area contributed by atoms with Gasteiger partial charge in [0, 0.05) is 13.1 Å². The van der Waals surface area contributed by atoms with Crippen LogP contribution in [0.1, 0.15) is 34.1 Å². The van der Waals surface area contributed by atoms with E-state index in [0.717, 1.165) is 19.5 Å². The molecular weight excluding hydrogens is 164 g/mol. The lowest BCUT2D eigenvalue weighted by molar-refractivity contribution is 0.239. The Bertz CT molecular complexity index is 144. The molecule has 2 amide bonds. The van der Waals surface area contributed by atoms with Gasteiger partial charge < -0.3 is 10.6 Å². The average molecular weight is 186 g/mol. The highest BCUT2D eigenvalue weighted by Gasteiger charge is 2.00. The molecule has 0 atom stereocenters. The predicted molar refractivity (Wildman–Crippen MR) is 55.7 cm³/mol. The molecule has 3 heteroatoms. The first-order valence-electron chi connectivity index (χ1n) is 5.04. The van der Waals surface area contributed by atoms with Gasteiger partial charge in [-0.3, -0.25) is 0 Å². The second-order valence-electron chi connectivity index (χ2n) is 4.21. The Kier molecular flexibility index (Phi) is 6.37. The van der Waals surface area contributed by atoms with Crippen LogP contribution < -0.4 is 10.6 Å². The molecule has 78 valence electrons. The zero-order valence-corrected chi connectivity index (χ0v) is 9.18. The van der Waals surface area contributed by atoms with E-state index < -0.39 is 0 Å². The Morgan fingerprint density at radius 3 is 2.15 bits per heavy atom. The van der Waals surface area contributed by atoms with Gasteiger partial charge in [0.25, 0.3) is 0 Å². The minimum atomic E-state index is -0.0469. The van der Waals surface area contributed by atoms with Gasteiger partial charge in [-0.2, -0.15) is 0 Å². The van der Waals surface area contributed by atoms with Crippen molar-refractivity contribution < 1.29 is 4.79 Å². The van der Waals surface area contributed by atoms with Crippen molar-refractivity contribution in [2.75, 3.05) is 13.1 Å². The van der Waals surface area contributed by atoms with E-state index in [1.54, 1.807) is 0 Å². The zero-order chi connectivity index (χ0) is 10.3. The molecule has 0 heterocycles. The lowest BCUT2D eigenvalue weighted by Gasteiger charge is -2.10. The maximum Gasteiger partial charge on any atom is 0.314 e. The second-order valence-corrected chi connectivity index (χ2v) is 4.21. The van der Waals surface area contributed by atoms with Crippen molar-refractivity contribution in [3.05, 3.63) is 0 Å². The van der Waals surface area contributed by atoms with Crippen molar-refractivity contribution >= 4 is 6.03 Å². The summed E-state index contributed by atoms with van der Waals surface area (Å²) in [6.45, 7) is 9.96.